The third kappa shape index (κ3) is 6.40. The van der Waals surface area contributed by atoms with Gasteiger partial charge >= 0.3 is 0 Å². The molecule has 1 aromatic carbocycles. The molecule has 0 aromatic heterocycles. The fraction of sp³-hybridized carbons (Fsp3) is 0.588. The van der Waals surface area contributed by atoms with Gasteiger partial charge in [0.25, 0.3) is 0 Å². The average molecular weight is 467 g/mol. The molecule has 0 saturated carbocycles. The molecule has 24 heavy (non-hydrogen) atoms. The molecule has 2 unspecified atom stereocenters. The number of halogens is 2. The molecule has 0 aliphatic carbocycles. The number of hydrogen-bond donors (Lipinski definition) is 1. The fourth-order valence-corrected chi connectivity index (χ4v) is 3.17. The van der Waals surface area contributed by atoms with E-state index in [4.69, 9.17) is 4.74 Å². The third-order valence-electron chi connectivity index (χ3n) is 3.82. The van der Waals surface area contributed by atoms with Gasteiger partial charge in [-0.15, -0.1) is 24.0 Å². The highest BCUT2D eigenvalue weighted by Gasteiger charge is 2.28. The Hall–Kier alpha value is -0.540. The summed E-state index contributed by atoms with van der Waals surface area (Å²) in [5.41, 5.74) is 1.00. The van der Waals surface area contributed by atoms with E-state index in [1.807, 2.05) is 18.8 Å². The number of benzene rings is 1. The average Bonchev–Trinajstić information content (AvgIpc) is 2.55. The van der Waals surface area contributed by atoms with Gasteiger partial charge in [0, 0.05) is 20.1 Å². The van der Waals surface area contributed by atoms with Gasteiger partial charge in [-0.25, -0.2) is 4.39 Å². The van der Waals surface area contributed by atoms with Gasteiger partial charge in [0.05, 0.1) is 12.6 Å². The SMILES string of the molecule is CN=C(NCCCSC)N1CC(C)OC(c2ccc(F)cc2)C1.I. The number of guanidine groups is 1. The lowest BCUT2D eigenvalue weighted by Crippen LogP contribution is -2.50. The lowest BCUT2D eigenvalue weighted by Gasteiger charge is -2.38. The van der Waals surface area contributed by atoms with Gasteiger partial charge in [0.1, 0.15) is 11.9 Å². The summed E-state index contributed by atoms with van der Waals surface area (Å²) >= 11 is 1.85. The molecule has 1 aliphatic heterocycles. The molecule has 0 amide bonds. The summed E-state index contributed by atoms with van der Waals surface area (Å²) in [5, 5.41) is 3.42. The van der Waals surface area contributed by atoms with Gasteiger partial charge in [-0.05, 0) is 43.0 Å². The molecule has 136 valence electrons. The van der Waals surface area contributed by atoms with E-state index in [0.717, 1.165) is 43.3 Å². The van der Waals surface area contributed by atoms with Crippen LogP contribution in [0.4, 0.5) is 4.39 Å². The Balaban J connectivity index is 0.00000288. The molecule has 0 radical (unpaired) electrons. The van der Waals surface area contributed by atoms with Gasteiger partial charge in [-0.2, -0.15) is 11.8 Å². The van der Waals surface area contributed by atoms with Crippen LogP contribution in [0.15, 0.2) is 29.3 Å². The van der Waals surface area contributed by atoms with Crippen molar-refractivity contribution in [1.29, 1.82) is 0 Å². The Morgan fingerprint density at radius 1 is 1.38 bits per heavy atom. The summed E-state index contributed by atoms with van der Waals surface area (Å²) < 4.78 is 19.1. The molecule has 4 nitrogen and oxygen atoms in total. The van der Waals surface area contributed by atoms with Gasteiger partial charge in [0.15, 0.2) is 5.96 Å². The lowest BCUT2D eigenvalue weighted by molar-refractivity contribution is -0.0604. The smallest absolute Gasteiger partial charge is 0.193 e. The van der Waals surface area contributed by atoms with Crippen molar-refractivity contribution >= 4 is 41.7 Å². The zero-order chi connectivity index (χ0) is 16.7. The molecule has 1 heterocycles. The van der Waals surface area contributed by atoms with E-state index in [-0.39, 0.29) is 42.0 Å². The minimum Gasteiger partial charge on any atom is -0.367 e. The second-order valence-corrected chi connectivity index (χ2v) is 6.70. The summed E-state index contributed by atoms with van der Waals surface area (Å²) in [6.45, 7) is 4.50. The largest absolute Gasteiger partial charge is 0.367 e. The molecule has 0 spiro atoms. The Kier molecular flexibility index (Phi) is 9.99. The summed E-state index contributed by atoms with van der Waals surface area (Å²) in [5.74, 6) is 1.83. The Morgan fingerprint density at radius 2 is 2.08 bits per heavy atom. The van der Waals surface area contributed by atoms with E-state index in [9.17, 15) is 4.39 Å². The number of rotatable bonds is 5. The summed E-state index contributed by atoms with van der Waals surface area (Å²) in [6, 6.07) is 6.56. The Labute approximate surface area is 165 Å². The number of hydrogen-bond acceptors (Lipinski definition) is 3. The monoisotopic (exact) mass is 467 g/mol. The minimum atomic E-state index is -0.222. The van der Waals surface area contributed by atoms with E-state index < -0.39 is 0 Å². The van der Waals surface area contributed by atoms with E-state index >= 15 is 0 Å². The maximum atomic E-state index is 13.1. The quantitative estimate of drug-likeness (QED) is 0.311. The maximum Gasteiger partial charge on any atom is 0.193 e. The number of thioether (sulfide) groups is 1. The van der Waals surface area contributed by atoms with Crippen LogP contribution in [-0.4, -0.2) is 55.7 Å². The van der Waals surface area contributed by atoms with Gasteiger partial charge in [0.2, 0.25) is 0 Å². The van der Waals surface area contributed by atoms with E-state index in [2.05, 4.69) is 28.4 Å². The Bertz CT molecular complexity index is 515. The second kappa shape index (κ2) is 11.1. The van der Waals surface area contributed by atoms with Gasteiger partial charge in [-0.1, -0.05) is 12.1 Å². The Morgan fingerprint density at radius 3 is 2.71 bits per heavy atom. The van der Waals surface area contributed by atoms with E-state index in [0.29, 0.717) is 0 Å². The van der Waals surface area contributed by atoms with Crippen LogP contribution >= 0.6 is 35.7 Å². The fourth-order valence-electron chi connectivity index (χ4n) is 2.73. The van der Waals surface area contributed by atoms with Crippen LogP contribution in [-0.2, 0) is 4.74 Å². The van der Waals surface area contributed by atoms with Crippen LogP contribution in [0.2, 0.25) is 0 Å². The van der Waals surface area contributed by atoms with Crippen molar-refractivity contribution in [2.24, 2.45) is 4.99 Å². The number of ether oxygens (including phenoxy) is 1. The molecule has 1 saturated heterocycles. The van der Waals surface area contributed by atoms with Crippen molar-refractivity contribution in [3.63, 3.8) is 0 Å². The molecule has 0 bridgehead atoms. The molecule has 2 rings (SSSR count). The molecule has 1 fully saturated rings. The van der Waals surface area contributed by atoms with Crippen molar-refractivity contribution < 1.29 is 9.13 Å². The van der Waals surface area contributed by atoms with Crippen LogP contribution in [0.3, 0.4) is 0 Å². The van der Waals surface area contributed by atoms with Crippen molar-refractivity contribution in [3.05, 3.63) is 35.6 Å². The molecular weight excluding hydrogens is 440 g/mol. The number of nitrogens with one attached hydrogen (secondary N) is 1. The lowest BCUT2D eigenvalue weighted by atomic mass is 10.1. The van der Waals surface area contributed by atoms with Crippen LogP contribution < -0.4 is 5.32 Å². The first-order valence-corrected chi connectivity index (χ1v) is 9.39. The predicted octanol–water partition coefficient (Wildman–Crippen LogP) is 3.53. The zero-order valence-corrected chi connectivity index (χ0v) is 17.6. The van der Waals surface area contributed by atoms with Gasteiger partial charge < -0.3 is 15.0 Å². The molecule has 1 aliphatic rings. The highest BCUT2D eigenvalue weighted by Crippen LogP contribution is 2.25. The predicted molar refractivity (Wildman–Crippen MR) is 111 cm³/mol. The first-order chi connectivity index (χ1) is 11.1. The van der Waals surface area contributed by atoms with Crippen LogP contribution in [0.1, 0.15) is 25.0 Å². The molecule has 1 aromatic rings. The normalized spacial score (nSPS) is 21.3. The highest BCUT2D eigenvalue weighted by atomic mass is 127. The maximum absolute atomic E-state index is 13.1. The summed E-state index contributed by atoms with van der Waals surface area (Å²) in [4.78, 5) is 6.62. The minimum absolute atomic E-state index is 0. The number of aliphatic imine (C=N–C) groups is 1. The topological polar surface area (TPSA) is 36.9 Å². The van der Waals surface area contributed by atoms with Crippen molar-refractivity contribution in [1.82, 2.24) is 10.2 Å². The summed E-state index contributed by atoms with van der Waals surface area (Å²) in [7, 11) is 1.81. The zero-order valence-electron chi connectivity index (χ0n) is 14.5. The van der Waals surface area contributed by atoms with Crippen LogP contribution in [0, 0.1) is 5.82 Å². The standard InChI is InChI=1S/C17H26FN3OS.HI/c1-13-11-21(17(19-2)20-9-4-10-23-3)12-16(22-13)14-5-7-15(18)8-6-14;/h5-8,13,16H,4,9-12H2,1-3H3,(H,19,20);1H. The molecule has 1 N–H and O–H groups in total. The first-order valence-electron chi connectivity index (χ1n) is 7.99. The highest BCUT2D eigenvalue weighted by molar-refractivity contribution is 14.0. The van der Waals surface area contributed by atoms with Crippen molar-refractivity contribution in [2.75, 3.05) is 38.7 Å². The molecular formula is C17H27FIN3OS. The molecule has 7 heteroatoms. The van der Waals surface area contributed by atoms with Crippen molar-refractivity contribution in [2.45, 2.75) is 25.6 Å². The number of nitrogens with zero attached hydrogens (tertiary/aromatic N) is 2. The van der Waals surface area contributed by atoms with Gasteiger partial charge in [-0.3, -0.25) is 4.99 Å². The molecule has 2 atom stereocenters. The van der Waals surface area contributed by atoms with Crippen LogP contribution in [0.5, 0.6) is 0 Å². The van der Waals surface area contributed by atoms with Crippen LogP contribution in [0.25, 0.3) is 0 Å². The summed E-state index contributed by atoms with van der Waals surface area (Å²) in [6.07, 6.45) is 3.26. The van der Waals surface area contributed by atoms with E-state index in [1.54, 1.807) is 12.1 Å². The second-order valence-electron chi connectivity index (χ2n) is 5.71. The van der Waals surface area contributed by atoms with Crippen molar-refractivity contribution in [3.8, 4) is 0 Å². The third-order valence-corrected chi connectivity index (χ3v) is 4.52. The van der Waals surface area contributed by atoms with E-state index in [1.165, 1.54) is 12.1 Å². The number of morpholine rings is 1. The first kappa shape index (κ1) is 21.5.